The standard InChI is InChI=1S/C13H15FN2O2S/c1-2-8-16(10-6-7-10)19(17,18)13-5-3-4-12(14)11(13)9-15/h3-5,10H,2,6-8H2,1H3. The molecule has 2 rings (SSSR count). The summed E-state index contributed by atoms with van der Waals surface area (Å²) in [5, 5.41) is 8.96. The summed E-state index contributed by atoms with van der Waals surface area (Å²) in [6, 6.07) is 5.35. The molecule has 4 nitrogen and oxygen atoms in total. The van der Waals surface area contributed by atoms with Crippen LogP contribution < -0.4 is 0 Å². The van der Waals surface area contributed by atoms with E-state index in [4.69, 9.17) is 5.26 Å². The van der Waals surface area contributed by atoms with Gasteiger partial charge < -0.3 is 0 Å². The third-order valence-corrected chi connectivity index (χ3v) is 5.07. The highest BCUT2D eigenvalue weighted by Crippen LogP contribution is 2.33. The Hall–Kier alpha value is -1.45. The average molecular weight is 282 g/mol. The van der Waals surface area contributed by atoms with Crippen molar-refractivity contribution in [2.75, 3.05) is 6.54 Å². The van der Waals surface area contributed by atoms with E-state index in [0.29, 0.717) is 13.0 Å². The number of rotatable bonds is 5. The minimum Gasteiger partial charge on any atom is -0.207 e. The summed E-state index contributed by atoms with van der Waals surface area (Å²) in [6.07, 6.45) is 2.35. The zero-order valence-electron chi connectivity index (χ0n) is 10.6. The summed E-state index contributed by atoms with van der Waals surface area (Å²) in [4.78, 5) is -0.227. The van der Waals surface area contributed by atoms with Crippen molar-refractivity contribution in [3.05, 3.63) is 29.6 Å². The first-order chi connectivity index (χ1) is 9.02. The van der Waals surface area contributed by atoms with Crippen molar-refractivity contribution in [1.82, 2.24) is 4.31 Å². The van der Waals surface area contributed by atoms with Gasteiger partial charge in [0.15, 0.2) is 0 Å². The lowest BCUT2D eigenvalue weighted by Crippen LogP contribution is -2.34. The molecule has 0 radical (unpaired) electrons. The summed E-state index contributed by atoms with van der Waals surface area (Å²) in [5.74, 6) is -0.796. The number of sulfonamides is 1. The van der Waals surface area contributed by atoms with E-state index in [9.17, 15) is 12.8 Å². The normalized spacial score (nSPS) is 15.5. The molecule has 0 amide bonds. The summed E-state index contributed by atoms with van der Waals surface area (Å²) in [5.41, 5.74) is -0.399. The molecule has 19 heavy (non-hydrogen) atoms. The molecule has 1 aliphatic rings. The molecule has 1 aromatic carbocycles. The molecule has 1 saturated carbocycles. The smallest absolute Gasteiger partial charge is 0.207 e. The number of hydrogen-bond acceptors (Lipinski definition) is 3. The lowest BCUT2D eigenvalue weighted by molar-refractivity contribution is 0.403. The first-order valence-corrected chi connectivity index (χ1v) is 7.66. The van der Waals surface area contributed by atoms with Crippen molar-refractivity contribution < 1.29 is 12.8 Å². The third-order valence-electron chi connectivity index (χ3n) is 3.07. The van der Waals surface area contributed by atoms with E-state index in [-0.39, 0.29) is 10.9 Å². The molecule has 0 unspecified atom stereocenters. The van der Waals surface area contributed by atoms with Crippen molar-refractivity contribution in [2.24, 2.45) is 0 Å². The Bertz CT molecular complexity index is 618. The number of hydrogen-bond donors (Lipinski definition) is 0. The molecule has 0 heterocycles. The van der Waals surface area contributed by atoms with Crippen LogP contribution in [0.1, 0.15) is 31.7 Å². The van der Waals surface area contributed by atoms with Crippen LogP contribution in [0.5, 0.6) is 0 Å². The minimum atomic E-state index is -3.79. The lowest BCUT2D eigenvalue weighted by atomic mass is 10.2. The van der Waals surface area contributed by atoms with E-state index in [1.807, 2.05) is 6.92 Å². The highest BCUT2D eigenvalue weighted by molar-refractivity contribution is 7.89. The maximum absolute atomic E-state index is 13.5. The second-order valence-electron chi connectivity index (χ2n) is 4.57. The summed E-state index contributed by atoms with van der Waals surface area (Å²) in [7, 11) is -3.79. The van der Waals surface area contributed by atoms with Crippen LogP contribution in [0.4, 0.5) is 4.39 Å². The van der Waals surface area contributed by atoms with E-state index in [0.717, 1.165) is 18.9 Å². The highest BCUT2D eigenvalue weighted by Gasteiger charge is 2.38. The van der Waals surface area contributed by atoms with Gasteiger partial charge in [-0.3, -0.25) is 0 Å². The van der Waals surface area contributed by atoms with E-state index in [2.05, 4.69) is 0 Å². The second-order valence-corrected chi connectivity index (χ2v) is 6.43. The molecule has 1 aromatic rings. The molecular formula is C13H15FN2O2S. The highest BCUT2D eigenvalue weighted by atomic mass is 32.2. The Morgan fingerprint density at radius 3 is 2.68 bits per heavy atom. The van der Waals surface area contributed by atoms with Gasteiger partial charge in [-0.1, -0.05) is 13.0 Å². The quantitative estimate of drug-likeness (QED) is 0.832. The van der Waals surface area contributed by atoms with Gasteiger partial charge in [-0.05, 0) is 31.4 Å². The Labute approximate surface area is 112 Å². The lowest BCUT2D eigenvalue weighted by Gasteiger charge is -2.21. The zero-order chi connectivity index (χ0) is 14.0. The average Bonchev–Trinajstić information content (AvgIpc) is 3.19. The Kier molecular flexibility index (Phi) is 3.88. The van der Waals surface area contributed by atoms with Crippen molar-refractivity contribution >= 4 is 10.0 Å². The summed E-state index contributed by atoms with van der Waals surface area (Å²) < 4.78 is 40.0. The predicted molar refractivity (Wildman–Crippen MR) is 68.3 cm³/mol. The molecule has 102 valence electrons. The fraction of sp³-hybridized carbons (Fsp3) is 0.462. The molecule has 0 aromatic heterocycles. The SMILES string of the molecule is CCCN(C1CC1)S(=O)(=O)c1cccc(F)c1C#N. The molecule has 0 atom stereocenters. The first-order valence-electron chi connectivity index (χ1n) is 6.22. The fourth-order valence-corrected chi connectivity index (χ4v) is 3.97. The second kappa shape index (κ2) is 5.27. The van der Waals surface area contributed by atoms with Gasteiger partial charge in [-0.2, -0.15) is 9.57 Å². The van der Waals surface area contributed by atoms with Crippen molar-refractivity contribution in [3.8, 4) is 6.07 Å². The van der Waals surface area contributed by atoms with Gasteiger partial charge in [0.25, 0.3) is 0 Å². The molecule has 6 heteroatoms. The maximum atomic E-state index is 13.5. The predicted octanol–water partition coefficient (Wildman–Crippen LogP) is 2.26. The van der Waals surface area contributed by atoms with Gasteiger partial charge in [0.05, 0.1) is 0 Å². The Balaban J connectivity index is 2.50. The topological polar surface area (TPSA) is 61.2 Å². The summed E-state index contributed by atoms with van der Waals surface area (Å²) >= 11 is 0. The number of nitrogens with zero attached hydrogens (tertiary/aromatic N) is 2. The van der Waals surface area contributed by atoms with Crippen LogP contribution >= 0.6 is 0 Å². The van der Waals surface area contributed by atoms with Gasteiger partial charge in [0.2, 0.25) is 10.0 Å². The number of halogens is 1. The van der Waals surface area contributed by atoms with E-state index in [1.54, 1.807) is 6.07 Å². The number of nitriles is 1. The molecule has 0 N–H and O–H groups in total. The number of benzene rings is 1. The maximum Gasteiger partial charge on any atom is 0.244 e. The van der Waals surface area contributed by atoms with Crippen LogP contribution in [0.2, 0.25) is 0 Å². The largest absolute Gasteiger partial charge is 0.244 e. The monoisotopic (exact) mass is 282 g/mol. The molecule has 0 saturated heterocycles. The van der Waals surface area contributed by atoms with Crippen molar-refractivity contribution in [1.29, 1.82) is 5.26 Å². The van der Waals surface area contributed by atoms with Crippen molar-refractivity contribution in [2.45, 2.75) is 37.1 Å². The first kappa shape index (κ1) is 14.0. The molecule has 1 aliphatic carbocycles. The fourth-order valence-electron chi connectivity index (χ4n) is 2.04. The Morgan fingerprint density at radius 2 is 2.16 bits per heavy atom. The van der Waals surface area contributed by atoms with Crippen LogP contribution in [0.3, 0.4) is 0 Å². The summed E-state index contributed by atoms with van der Waals surface area (Å²) in [6.45, 7) is 2.29. The van der Waals surface area contributed by atoms with Gasteiger partial charge in [0, 0.05) is 12.6 Å². The van der Waals surface area contributed by atoms with Crippen LogP contribution in [-0.4, -0.2) is 25.3 Å². The van der Waals surface area contributed by atoms with Gasteiger partial charge in [0.1, 0.15) is 22.3 Å². The minimum absolute atomic E-state index is 0.000222. The van der Waals surface area contributed by atoms with Gasteiger partial charge in [-0.15, -0.1) is 0 Å². The van der Waals surface area contributed by atoms with Crippen LogP contribution in [0, 0.1) is 17.1 Å². The van der Waals surface area contributed by atoms with E-state index < -0.39 is 21.4 Å². The van der Waals surface area contributed by atoms with Crippen molar-refractivity contribution in [3.63, 3.8) is 0 Å². The zero-order valence-corrected chi connectivity index (χ0v) is 11.5. The Morgan fingerprint density at radius 1 is 1.47 bits per heavy atom. The van der Waals surface area contributed by atoms with E-state index in [1.165, 1.54) is 16.4 Å². The molecule has 0 aliphatic heterocycles. The van der Waals surface area contributed by atoms with Gasteiger partial charge in [-0.25, -0.2) is 12.8 Å². The van der Waals surface area contributed by atoms with Crippen LogP contribution in [0.25, 0.3) is 0 Å². The van der Waals surface area contributed by atoms with E-state index >= 15 is 0 Å². The molecule has 0 spiro atoms. The molecule has 1 fully saturated rings. The van der Waals surface area contributed by atoms with Gasteiger partial charge >= 0.3 is 0 Å². The third kappa shape index (κ3) is 2.62. The molecule has 0 bridgehead atoms. The molecular weight excluding hydrogens is 267 g/mol. The van der Waals surface area contributed by atoms with Crippen LogP contribution in [-0.2, 0) is 10.0 Å². The van der Waals surface area contributed by atoms with Crippen LogP contribution in [0.15, 0.2) is 23.1 Å².